The molecule has 120 valence electrons. The molecule has 0 fully saturated rings. The van der Waals surface area contributed by atoms with Gasteiger partial charge in [0.25, 0.3) is 0 Å². The summed E-state index contributed by atoms with van der Waals surface area (Å²) in [5.41, 5.74) is 0.937. The molecule has 2 aromatic rings. The van der Waals surface area contributed by atoms with Crippen molar-refractivity contribution in [1.29, 1.82) is 0 Å². The monoisotopic (exact) mass is 315 g/mol. The molecule has 6 heteroatoms. The molecule has 6 nitrogen and oxygen atoms in total. The lowest BCUT2D eigenvalue weighted by molar-refractivity contribution is 0.0725. The molecule has 0 atom stereocenters. The van der Waals surface area contributed by atoms with Gasteiger partial charge in [-0.1, -0.05) is 17.3 Å². The lowest BCUT2D eigenvalue weighted by Gasteiger charge is -2.12. The smallest absolute Gasteiger partial charge is 0.347 e. The molecular formula is C17H17NO5. The Morgan fingerprint density at radius 1 is 1.17 bits per heavy atom. The number of esters is 1. The van der Waals surface area contributed by atoms with Crippen molar-refractivity contribution >= 4 is 12.2 Å². The van der Waals surface area contributed by atoms with Crippen LogP contribution < -0.4 is 14.2 Å². The number of carbonyl (C=O) groups excluding carboxylic acids is 1. The van der Waals surface area contributed by atoms with Gasteiger partial charge in [-0.25, -0.2) is 4.79 Å². The van der Waals surface area contributed by atoms with Gasteiger partial charge in [0.15, 0.2) is 11.5 Å². The molecule has 0 amide bonds. The van der Waals surface area contributed by atoms with Crippen molar-refractivity contribution in [3.63, 3.8) is 0 Å². The summed E-state index contributed by atoms with van der Waals surface area (Å²) in [4.78, 5) is 12.3. The summed E-state index contributed by atoms with van der Waals surface area (Å²) in [5.74, 6) is 0.539. The third kappa shape index (κ3) is 4.00. The second kappa shape index (κ2) is 7.84. The molecule has 0 radical (unpaired) electrons. The van der Waals surface area contributed by atoms with Crippen LogP contribution in [0.25, 0.3) is 0 Å². The first kappa shape index (κ1) is 16.4. The zero-order valence-corrected chi connectivity index (χ0v) is 12.9. The maximum Gasteiger partial charge on any atom is 0.347 e. The highest BCUT2D eigenvalue weighted by molar-refractivity contribution is 5.94. The van der Waals surface area contributed by atoms with Gasteiger partial charge < -0.3 is 19.4 Å². The predicted octanol–water partition coefficient (Wildman–Crippen LogP) is 3.12. The summed E-state index contributed by atoms with van der Waals surface area (Å²) >= 11 is 0. The van der Waals surface area contributed by atoms with Gasteiger partial charge in [-0.3, -0.25) is 0 Å². The number of benzene rings is 2. The fraction of sp³-hybridized carbons (Fsp3) is 0.176. The topological polar surface area (TPSA) is 77.4 Å². The molecule has 0 aliphatic heterocycles. The zero-order chi connectivity index (χ0) is 16.7. The maximum atomic E-state index is 12.3. The molecular weight excluding hydrogens is 298 g/mol. The highest BCUT2D eigenvalue weighted by Crippen LogP contribution is 2.30. The Hall–Kier alpha value is -3.02. The van der Waals surface area contributed by atoms with Gasteiger partial charge in [-0.15, -0.1) is 0 Å². The van der Waals surface area contributed by atoms with Crippen LogP contribution in [0.5, 0.6) is 17.2 Å². The van der Waals surface area contributed by atoms with Crippen LogP contribution in [0.1, 0.15) is 22.8 Å². The largest absolute Gasteiger partial charge is 0.496 e. The van der Waals surface area contributed by atoms with Gasteiger partial charge in [0, 0.05) is 5.56 Å². The second-order valence-electron chi connectivity index (χ2n) is 4.47. The predicted molar refractivity (Wildman–Crippen MR) is 84.9 cm³/mol. The van der Waals surface area contributed by atoms with Gasteiger partial charge >= 0.3 is 5.97 Å². The normalized spacial score (nSPS) is 10.5. The molecule has 0 aromatic heterocycles. The summed E-state index contributed by atoms with van der Waals surface area (Å²) < 4.78 is 16.0. The number of hydrogen-bond donors (Lipinski definition) is 1. The first-order valence-electron chi connectivity index (χ1n) is 6.99. The van der Waals surface area contributed by atoms with E-state index in [4.69, 9.17) is 19.4 Å². The Labute approximate surface area is 133 Å². The molecule has 0 heterocycles. The minimum atomic E-state index is -0.549. The van der Waals surface area contributed by atoms with Crippen molar-refractivity contribution in [2.75, 3.05) is 13.7 Å². The van der Waals surface area contributed by atoms with Crippen molar-refractivity contribution in [1.82, 2.24) is 0 Å². The number of oxime groups is 1. The fourth-order valence-electron chi connectivity index (χ4n) is 1.99. The SMILES string of the molecule is CCOc1cc(C=NO)ccc1OC(=O)c1ccccc1OC. The zero-order valence-electron chi connectivity index (χ0n) is 12.9. The van der Waals surface area contributed by atoms with Crippen molar-refractivity contribution in [2.24, 2.45) is 5.16 Å². The first-order valence-corrected chi connectivity index (χ1v) is 6.99. The molecule has 0 saturated heterocycles. The minimum Gasteiger partial charge on any atom is -0.496 e. The summed E-state index contributed by atoms with van der Waals surface area (Å²) in [6.07, 6.45) is 1.26. The van der Waals surface area contributed by atoms with Crippen molar-refractivity contribution in [3.05, 3.63) is 53.6 Å². The van der Waals surface area contributed by atoms with E-state index < -0.39 is 5.97 Å². The van der Waals surface area contributed by atoms with Crippen molar-refractivity contribution < 1.29 is 24.2 Å². The van der Waals surface area contributed by atoms with Gasteiger partial charge in [0.05, 0.1) is 19.9 Å². The van der Waals surface area contributed by atoms with Gasteiger partial charge in [0.2, 0.25) is 0 Å². The molecule has 23 heavy (non-hydrogen) atoms. The Morgan fingerprint density at radius 2 is 1.96 bits per heavy atom. The number of hydrogen-bond acceptors (Lipinski definition) is 6. The molecule has 0 aliphatic carbocycles. The van der Waals surface area contributed by atoms with Gasteiger partial charge in [-0.2, -0.15) is 0 Å². The van der Waals surface area contributed by atoms with Crippen LogP contribution in [0.4, 0.5) is 0 Å². The molecule has 0 unspecified atom stereocenters. The van der Waals surface area contributed by atoms with Crippen LogP contribution in [0, 0.1) is 0 Å². The number of rotatable bonds is 6. The minimum absolute atomic E-state index is 0.276. The van der Waals surface area contributed by atoms with Crippen LogP contribution >= 0.6 is 0 Å². The van der Waals surface area contributed by atoms with Crippen LogP contribution in [-0.2, 0) is 0 Å². The number of para-hydroxylation sites is 1. The number of methoxy groups -OCH3 is 1. The molecule has 0 aliphatic rings. The third-order valence-electron chi connectivity index (χ3n) is 3.00. The Kier molecular flexibility index (Phi) is 5.57. The summed E-state index contributed by atoms with van der Waals surface area (Å²) in [6.45, 7) is 2.22. The van der Waals surface area contributed by atoms with E-state index in [2.05, 4.69) is 5.16 Å². The van der Waals surface area contributed by atoms with Crippen molar-refractivity contribution in [2.45, 2.75) is 6.92 Å². The summed E-state index contributed by atoms with van der Waals surface area (Å²) in [5, 5.41) is 11.6. The molecule has 2 rings (SSSR count). The Balaban J connectivity index is 2.29. The van der Waals surface area contributed by atoms with E-state index in [1.54, 1.807) is 42.5 Å². The standard InChI is InChI=1S/C17H17NO5/c1-3-22-16-10-12(11-18-20)8-9-15(16)23-17(19)13-6-4-5-7-14(13)21-2/h4-11,20H,3H2,1-2H3. The van der Waals surface area contributed by atoms with Crippen LogP contribution in [-0.4, -0.2) is 31.1 Å². The maximum absolute atomic E-state index is 12.3. The quantitative estimate of drug-likeness (QED) is 0.291. The van der Waals surface area contributed by atoms with Crippen LogP contribution in [0.15, 0.2) is 47.6 Å². The highest BCUT2D eigenvalue weighted by Gasteiger charge is 2.16. The van der Waals surface area contributed by atoms with Crippen LogP contribution in [0.3, 0.4) is 0 Å². The first-order chi connectivity index (χ1) is 11.2. The van der Waals surface area contributed by atoms with E-state index in [-0.39, 0.29) is 5.75 Å². The third-order valence-corrected chi connectivity index (χ3v) is 3.00. The van der Waals surface area contributed by atoms with Gasteiger partial charge in [-0.05, 0) is 37.3 Å². The molecule has 2 aromatic carbocycles. The van der Waals surface area contributed by atoms with E-state index >= 15 is 0 Å². The molecule has 0 saturated carbocycles. The fourth-order valence-corrected chi connectivity index (χ4v) is 1.99. The highest BCUT2D eigenvalue weighted by atomic mass is 16.6. The Morgan fingerprint density at radius 3 is 2.65 bits per heavy atom. The lowest BCUT2D eigenvalue weighted by Crippen LogP contribution is -2.11. The van der Waals surface area contributed by atoms with E-state index in [1.165, 1.54) is 13.3 Å². The van der Waals surface area contributed by atoms with E-state index in [0.29, 0.717) is 29.2 Å². The average Bonchev–Trinajstić information content (AvgIpc) is 2.57. The average molecular weight is 315 g/mol. The summed E-state index contributed by atoms with van der Waals surface area (Å²) in [7, 11) is 1.49. The number of nitrogens with zero attached hydrogens (tertiary/aromatic N) is 1. The van der Waals surface area contributed by atoms with E-state index in [9.17, 15) is 4.79 Å². The van der Waals surface area contributed by atoms with E-state index in [1.807, 2.05) is 6.92 Å². The second-order valence-corrected chi connectivity index (χ2v) is 4.47. The molecule has 1 N–H and O–H groups in total. The van der Waals surface area contributed by atoms with Gasteiger partial charge in [0.1, 0.15) is 11.3 Å². The lowest BCUT2D eigenvalue weighted by atomic mass is 10.2. The Bertz CT molecular complexity index is 712. The summed E-state index contributed by atoms with van der Waals surface area (Å²) in [6, 6.07) is 11.6. The van der Waals surface area contributed by atoms with Crippen LogP contribution in [0.2, 0.25) is 0 Å². The molecule has 0 bridgehead atoms. The van der Waals surface area contributed by atoms with Crippen molar-refractivity contribution in [3.8, 4) is 17.2 Å². The molecule has 0 spiro atoms. The number of ether oxygens (including phenoxy) is 3. The number of carbonyl (C=O) groups is 1. The van der Waals surface area contributed by atoms with E-state index in [0.717, 1.165) is 0 Å².